The Morgan fingerprint density at radius 2 is 1.42 bits per heavy atom. The summed E-state index contributed by atoms with van der Waals surface area (Å²) in [6.45, 7) is 1.28. The van der Waals surface area contributed by atoms with Gasteiger partial charge in [0.1, 0.15) is 0 Å². The maximum Gasteiger partial charge on any atom is -0.147 e. The van der Waals surface area contributed by atoms with E-state index in [1.165, 1.54) is 6.92 Å². The van der Waals surface area contributed by atoms with Gasteiger partial charge >= 0.3 is 107 Å². The van der Waals surface area contributed by atoms with Crippen molar-refractivity contribution in [2.24, 2.45) is 0 Å². The van der Waals surface area contributed by atoms with Crippen LogP contribution in [0.5, 0.6) is 0 Å². The topological polar surface area (TPSA) is 0 Å². The summed E-state index contributed by atoms with van der Waals surface area (Å²) in [4.78, 5) is 0. The van der Waals surface area contributed by atoms with Crippen LogP contribution >= 0.6 is 24.8 Å². The van der Waals surface area contributed by atoms with E-state index in [2.05, 4.69) is 0 Å². The molecular formula is C13H15Cl2F3Zr. The minimum atomic E-state index is -4.14. The summed E-state index contributed by atoms with van der Waals surface area (Å²) >= 11 is -2.83. The molecule has 0 bridgehead atoms. The summed E-state index contributed by atoms with van der Waals surface area (Å²) < 4.78 is 40.6. The number of halogens is 5. The second kappa shape index (κ2) is 7.76. The molecule has 0 amide bonds. The molecular weight excluding hydrogens is 375 g/mol. The summed E-state index contributed by atoms with van der Waals surface area (Å²) in [6, 6.07) is 0. The van der Waals surface area contributed by atoms with Crippen molar-refractivity contribution in [2.45, 2.75) is 25.9 Å². The molecule has 2 aliphatic rings. The molecule has 0 radical (unpaired) electrons. The van der Waals surface area contributed by atoms with Gasteiger partial charge < -0.3 is 0 Å². The monoisotopic (exact) mass is 388 g/mol. The van der Waals surface area contributed by atoms with Crippen molar-refractivity contribution < 1.29 is 34.4 Å². The third-order valence-corrected chi connectivity index (χ3v) is 10.5. The van der Waals surface area contributed by atoms with Crippen molar-refractivity contribution in [2.75, 3.05) is 0 Å². The molecule has 106 valence electrons. The van der Waals surface area contributed by atoms with Crippen LogP contribution in [0.15, 0.2) is 43.0 Å². The zero-order valence-electron chi connectivity index (χ0n) is 10.3. The normalized spacial score (nSPS) is 16.4. The van der Waals surface area contributed by atoms with Crippen molar-refractivity contribution >= 4 is 28.0 Å². The van der Waals surface area contributed by atoms with Gasteiger partial charge in [0.15, 0.2) is 0 Å². The van der Waals surface area contributed by atoms with Gasteiger partial charge in [0.25, 0.3) is 0 Å². The Bertz CT molecular complexity index is 451. The Morgan fingerprint density at radius 3 is 1.68 bits per heavy atom. The standard InChI is InChI=1S/2C5H5.C3H3F3.2ClH.Zr/c2*1-2-4-5-3-1;1-2-3(4,5)6;;;/h2*1-3H,4H2;1H3;2*1H;. The molecule has 0 atom stereocenters. The van der Waals surface area contributed by atoms with Gasteiger partial charge in [-0.25, -0.2) is 0 Å². The van der Waals surface area contributed by atoms with Gasteiger partial charge in [0.2, 0.25) is 0 Å². The Labute approximate surface area is 131 Å². The van der Waals surface area contributed by atoms with Gasteiger partial charge in [-0.2, -0.15) is 0 Å². The molecule has 0 saturated carbocycles. The maximum atomic E-state index is 12.9. The summed E-state index contributed by atoms with van der Waals surface area (Å²) in [5.41, 5.74) is 0. The number of rotatable bonds is 2. The average Bonchev–Trinajstić information content (AvgIpc) is 2.88. The molecule has 0 aromatic heterocycles. The average molecular weight is 390 g/mol. The molecule has 0 aliphatic heterocycles. The van der Waals surface area contributed by atoms with Crippen molar-refractivity contribution in [3.63, 3.8) is 0 Å². The summed E-state index contributed by atoms with van der Waals surface area (Å²) in [5.74, 6) is 0. The second-order valence-electron chi connectivity index (χ2n) is 4.15. The summed E-state index contributed by atoms with van der Waals surface area (Å²) in [6.07, 6.45) is 8.71. The van der Waals surface area contributed by atoms with Crippen LogP contribution in [0, 0.1) is 0 Å². The van der Waals surface area contributed by atoms with Crippen LogP contribution < -0.4 is 0 Å². The van der Waals surface area contributed by atoms with Crippen LogP contribution in [-0.2, 0) is 21.3 Å². The third kappa shape index (κ3) is 4.54. The van der Waals surface area contributed by atoms with Gasteiger partial charge in [-0.3, -0.25) is 0 Å². The quantitative estimate of drug-likeness (QED) is 0.630. The van der Waals surface area contributed by atoms with E-state index in [4.69, 9.17) is 0 Å². The molecule has 0 spiro atoms. The molecule has 19 heavy (non-hydrogen) atoms. The Morgan fingerprint density at radius 1 is 1.00 bits per heavy atom. The molecule has 0 saturated heterocycles. The van der Waals surface area contributed by atoms with Crippen molar-refractivity contribution in [3.8, 4) is 0 Å². The fraction of sp³-hybridized carbons (Fsp3) is 0.308. The SMILES string of the molecule is C[C](=[Zr]([C]1=CC=CC1)[C]1=CC=CC1)C(F)(F)F.Cl.Cl. The van der Waals surface area contributed by atoms with Gasteiger partial charge in [-0.15, -0.1) is 24.8 Å². The first-order valence-electron chi connectivity index (χ1n) is 5.50. The molecule has 6 heteroatoms. The molecule has 2 rings (SSSR count). The zero-order valence-corrected chi connectivity index (χ0v) is 14.4. The van der Waals surface area contributed by atoms with E-state index < -0.39 is 27.4 Å². The fourth-order valence-electron chi connectivity index (χ4n) is 2.09. The zero-order chi connectivity index (χ0) is 12.5. The Balaban J connectivity index is 0.00000162. The minimum absolute atomic E-state index is 0. The minimum Gasteiger partial charge on any atom is -0.147 e. The van der Waals surface area contributed by atoms with Gasteiger partial charge in [-0.05, 0) is 0 Å². The summed E-state index contributed by atoms with van der Waals surface area (Å²) in [5, 5.41) is 0. The number of alkyl halides is 3. The first-order valence-corrected chi connectivity index (χ1v) is 9.19. The van der Waals surface area contributed by atoms with Crippen LogP contribution in [0.4, 0.5) is 13.2 Å². The van der Waals surface area contributed by atoms with Crippen LogP contribution in [0.1, 0.15) is 19.8 Å². The van der Waals surface area contributed by atoms with Crippen LogP contribution in [0.2, 0.25) is 0 Å². The van der Waals surface area contributed by atoms with Crippen molar-refractivity contribution in [1.82, 2.24) is 0 Å². The molecule has 0 heterocycles. The predicted octanol–water partition coefficient (Wildman–Crippen LogP) is 4.89. The molecule has 0 aromatic rings. The maximum absolute atomic E-state index is 12.9. The largest absolute Gasteiger partial charge is 0.147 e. The second-order valence-corrected chi connectivity index (χ2v) is 11.0. The van der Waals surface area contributed by atoms with Gasteiger partial charge in [0.05, 0.1) is 0 Å². The number of hydrogen-bond acceptors (Lipinski definition) is 0. The number of hydrogen-bond donors (Lipinski definition) is 0. The molecule has 0 unspecified atom stereocenters. The molecule has 0 aromatic carbocycles. The van der Waals surface area contributed by atoms with Crippen LogP contribution in [-0.4, -0.2) is 9.38 Å². The first-order chi connectivity index (χ1) is 8.00. The van der Waals surface area contributed by atoms with E-state index in [9.17, 15) is 13.2 Å². The molecule has 0 N–H and O–H groups in total. The molecule has 0 fully saturated rings. The van der Waals surface area contributed by atoms with E-state index in [-0.39, 0.29) is 28.0 Å². The van der Waals surface area contributed by atoms with Crippen LogP contribution in [0.3, 0.4) is 0 Å². The van der Waals surface area contributed by atoms with E-state index in [0.29, 0.717) is 12.8 Å². The van der Waals surface area contributed by atoms with Gasteiger partial charge in [-0.1, -0.05) is 0 Å². The summed E-state index contributed by atoms with van der Waals surface area (Å²) in [7, 11) is 0. The van der Waals surface area contributed by atoms with Crippen molar-refractivity contribution in [1.29, 1.82) is 0 Å². The van der Waals surface area contributed by atoms with E-state index in [1.807, 2.05) is 36.5 Å². The first kappa shape index (κ1) is 19.1. The molecule has 0 nitrogen and oxygen atoms in total. The van der Waals surface area contributed by atoms with E-state index >= 15 is 0 Å². The third-order valence-electron chi connectivity index (χ3n) is 2.98. The van der Waals surface area contributed by atoms with E-state index in [1.54, 1.807) is 0 Å². The fourth-order valence-corrected chi connectivity index (χ4v) is 9.05. The van der Waals surface area contributed by atoms with Gasteiger partial charge in [0, 0.05) is 0 Å². The molecule has 2 aliphatic carbocycles. The smallest absolute Gasteiger partial charge is 0.147 e. The number of allylic oxidation sites excluding steroid dienone is 8. The van der Waals surface area contributed by atoms with Crippen molar-refractivity contribution in [3.05, 3.63) is 43.0 Å². The predicted molar refractivity (Wildman–Crippen MR) is 74.9 cm³/mol. The van der Waals surface area contributed by atoms with Crippen LogP contribution in [0.25, 0.3) is 0 Å². The van der Waals surface area contributed by atoms with E-state index in [0.717, 1.165) is 6.56 Å². The Kier molecular flexibility index (Phi) is 7.79. The Hall–Kier alpha value is 0.0831.